The van der Waals surface area contributed by atoms with E-state index < -0.39 is 5.91 Å². The average molecular weight is 566 g/mol. The van der Waals surface area contributed by atoms with Gasteiger partial charge in [0.2, 0.25) is 5.89 Å². The van der Waals surface area contributed by atoms with Crippen molar-refractivity contribution in [2.24, 2.45) is 0 Å². The Morgan fingerprint density at radius 2 is 1.87 bits per heavy atom. The van der Waals surface area contributed by atoms with Crippen molar-refractivity contribution in [2.75, 3.05) is 5.32 Å². The molecule has 0 atom stereocenters. The molecule has 0 aliphatic carbocycles. The number of aromatic nitrogens is 1. The molecular weight excluding hydrogens is 545 g/mol. The lowest BCUT2D eigenvalue weighted by Crippen LogP contribution is -2.33. The summed E-state index contributed by atoms with van der Waals surface area (Å²) >= 11 is 17.7. The molecule has 0 saturated heterocycles. The number of benzene rings is 3. The fourth-order valence-electron chi connectivity index (χ4n) is 3.95. The number of rotatable bonds is 5. The van der Waals surface area contributed by atoms with E-state index in [1.54, 1.807) is 43.3 Å². The van der Waals surface area contributed by atoms with Gasteiger partial charge in [0.05, 0.1) is 15.6 Å². The van der Waals surface area contributed by atoms with E-state index in [0.717, 1.165) is 12.0 Å². The lowest BCUT2D eigenvalue weighted by atomic mass is 10.1. The lowest BCUT2D eigenvalue weighted by molar-refractivity contribution is 0.0951. The van der Waals surface area contributed by atoms with Gasteiger partial charge in [0.1, 0.15) is 17.0 Å². The zero-order chi connectivity index (χ0) is 27.0. The SMILES string of the molecule is CCc1ccc2oc(-c3cc(NC(=S)NC(=O)c4ccc(-c5cccc(Cl)c5Cl)o4)cc(C)c3O)nc2c1. The quantitative estimate of drug-likeness (QED) is 0.148. The molecule has 0 radical (unpaired) electrons. The van der Waals surface area contributed by atoms with Crippen LogP contribution in [0.15, 0.2) is 69.5 Å². The molecule has 0 bridgehead atoms. The number of phenols is 1. The van der Waals surface area contributed by atoms with Gasteiger partial charge in [-0.05, 0) is 85.2 Å². The maximum atomic E-state index is 12.7. The van der Waals surface area contributed by atoms with Crippen LogP contribution in [0.1, 0.15) is 28.6 Å². The molecule has 7 nitrogen and oxygen atoms in total. The molecule has 0 spiro atoms. The number of aromatic hydroxyl groups is 1. The van der Waals surface area contributed by atoms with Gasteiger partial charge in [-0.25, -0.2) is 4.98 Å². The average Bonchev–Trinajstić information content (AvgIpc) is 3.55. The highest BCUT2D eigenvalue weighted by Gasteiger charge is 2.18. The number of oxazole rings is 1. The number of fused-ring (bicyclic) bond motifs is 1. The van der Waals surface area contributed by atoms with E-state index >= 15 is 0 Å². The Morgan fingerprint density at radius 3 is 2.66 bits per heavy atom. The highest BCUT2D eigenvalue weighted by molar-refractivity contribution is 7.80. The molecule has 10 heteroatoms. The monoisotopic (exact) mass is 565 g/mol. The van der Waals surface area contributed by atoms with Crippen molar-refractivity contribution >= 4 is 63.2 Å². The maximum absolute atomic E-state index is 12.7. The van der Waals surface area contributed by atoms with Gasteiger partial charge >= 0.3 is 0 Å². The van der Waals surface area contributed by atoms with Crippen LogP contribution in [0.5, 0.6) is 5.75 Å². The topological polar surface area (TPSA) is 101 Å². The molecule has 2 aromatic heterocycles. The number of halogens is 2. The number of carbonyl (C=O) groups excluding carboxylic acids is 1. The molecule has 1 amide bonds. The zero-order valence-corrected chi connectivity index (χ0v) is 22.6. The summed E-state index contributed by atoms with van der Waals surface area (Å²) in [5.41, 5.74) is 4.52. The molecule has 0 aliphatic rings. The van der Waals surface area contributed by atoms with Gasteiger partial charge in [-0.2, -0.15) is 0 Å². The predicted molar refractivity (Wildman–Crippen MR) is 153 cm³/mol. The number of nitrogens with one attached hydrogen (secondary N) is 2. The van der Waals surface area contributed by atoms with Crippen molar-refractivity contribution in [1.29, 1.82) is 0 Å². The molecule has 0 saturated carbocycles. The first-order chi connectivity index (χ1) is 18.2. The second-order valence-corrected chi connectivity index (χ2v) is 9.73. The van der Waals surface area contributed by atoms with Crippen LogP contribution in [0, 0.1) is 6.92 Å². The minimum absolute atomic E-state index is 0.0370. The van der Waals surface area contributed by atoms with Crippen LogP contribution in [-0.2, 0) is 6.42 Å². The van der Waals surface area contributed by atoms with E-state index in [2.05, 4.69) is 22.5 Å². The van der Waals surface area contributed by atoms with E-state index in [9.17, 15) is 9.90 Å². The van der Waals surface area contributed by atoms with Crippen LogP contribution >= 0.6 is 35.4 Å². The summed E-state index contributed by atoms with van der Waals surface area (Å²) in [5, 5.41) is 17.0. The van der Waals surface area contributed by atoms with Crippen molar-refractivity contribution in [1.82, 2.24) is 10.3 Å². The molecule has 2 heterocycles. The molecule has 5 rings (SSSR count). The third-order valence-electron chi connectivity index (χ3n) is 5.92. The Morgan fingerprint density at radius 1 is 1.05 bits per heavy atom. The summed E-state index contributed by atoms with van der Waals surface area (Å²) in [6, 6.07) is 17.4. The largest absolute Gasteiger partial charge is 0.507 e. The Kier molecular flexibility index (Phi) is 7.12. The summed E-state index contributed by atoms with van der Waals surface area (Å²) in [6.45, 7) is 3.81. The molecule has 3 N–H and O–H groups in total. The Labute approximate surface area is 233 Å². The van der Waals surface area contributed by atoms with E-state index in [1.807, 2.05) is 18.2 Å². The Balaban J connectivity index is 1.33. The summed E-state index contributed by atoms with van der Waals surface area (Å²) in [6.07, 6.45) is 0.874. The first-order valence-electron chi connectivity index (χ1n) is 11.6. The normalized spacial score (nSPS) is 11.1. The number of nitrogens with zero attached hydrogens (tertiary/aromatic N) is 1. The number of phenolic OH excluding ortho intramolecular Hbond substituents is 1. The molecule has 0 fully saturated rings. The fraction of sp³-hybridized carbons (Fsp3) is 0.107. The predicted octanol–water partition coefficient (Wildman–Crippen LogP) is 7.76. The zero-order valence-electron chi connectivity index (χ0n) is 20.3. The van der Waals surface area contributed by atoms with Gasteiger partial charge in [0.25, 0.3) is 5.91 Å². The Hall–Kier alpha value is -3.85. The van der Waals surface area contributed by atoms with E-state index in [-0.39, 0.29) is 22.5 Å². The molecule has 0 aliphatic heterocycles. The summed E-state index contributed by atoms with van der Waals surface area (Å²) in [5.74, 6) is 0.199. The van der Waals surface area contributed by atoms with Gasteiger partial charge in [0.15, 0.2) is 16.5 Å². The van der Waals surface area contributed by atoms with Crippen LogP contribution in [0.25, 0.3) is 33.9 Å². The van der Waals surface area contributed by atoms with Crippen LogP contribution in [0.4, 0.5) is 5.69 Å². The highest BCUT2D eigenvalue weighted by atomic mass is 35.5. The summed E-state index contributed by atoms with van der Waals surface area (Å²) in [7, 11) is 0. The summed E-state index contributed by atoms with van der Waals surface area (Å²) in [4.78, 5) is 17.3. The van der Waals surface area contributed by atoms with E-state index in [1.165, 1.54) is 6.07 Å². The molecule has 5 aromatic rings. The first kappa shape index (κ1) is 25.8. The minimum atomic E-state index is -0.548. The smallest absolute Gasteiger partial charge is 0.293 e. The number of amides is 1. The van der Waals surface area contributed by atoms with E-state index in [0.29, 0.717) is 49.3 Å². The van der Waals surface area contributed by atoms with Gasteiger partial charge < -0.3 is 19.3 Å². The first-order valence-corrected chi connectivity index (χ1v) is 12.8. The van der Waals surface area contributed by atoms with Crippen molar-refractivity contribution in [2.45, 2.75) is 20.3 Å². The van der Waals surface area contributed by atoms with Crippen LogP contribution in [-0.4, -0.2) is 21.1 Å². The van der Waals surface area contributed by atoms with Crippen molar-refractivity contribution in [3.63, 3.8) is 0 Å². The van der Waals surface area contributed by atoms with Crippen molar-refractivity contribution in [3.8, 4) is 28.5 Å². The van der Waals surface area contributed by atoms with Gasteiger partial charge in [-0.1, -0.05) is 42.3 Å². The molecule has 38 heavy (non-hydrogen) atoms. The third-order valence-corrected chi connectivity index (χ3v) is 6.95. The lowest BCUT2D eigenvalue weighted by Gasteiger charge is -2.12. The number of hydrogen-bond donors (Lipinski definition) is 3. The minimum Gasteiger partial charge on any atom is -0.507 e. The number of anilines is 1. The van der Waals surface area contributed by atoms with Crippen LogP contribution in [0.3, 0.4) is 0 Å². The van der Waals surface area contributed by atoms with Crippen molar-refractivity contribution in [3.05, 3.63) is 87.6 Å². The molecule has 3 aromatic carbocycles. The van der Waals surface area contributed by atoms with Crippen LogP contribution < -0.4 is 10.6 Å². The standard InChI is InChI=1S/C28H21Cl2N3O4S/c1-3-15-7-8-22-20(12-15)32-27(37-22)18-13-16(11-14(2)25(18)34)31-28(38)33-26(35)23-10-9-21(36-23)17-5-4-6-19(29)24(17)30/h4-13,34H,3H2,1-2H3,(H2,31,33,35,38). The van der Waals surface area contributed by atoms with Crippen molar-refractivity contribution < 1.29 is 18.7 Å². The highest BCUT2D eigenvalue weighted by Crippen LogP contribution is 2.37. The number of carbonyl (C=O) groups is 1. The fourth-order valence-corrected chi connectivity index (χ4v) is 4.55. The second kappa shape index (κ2) is 10.5. The number of thiocarbonyl (C=S) groups is 1. The third kappa shape index (κ3) is 5.11. The number of aryl methyl sites for hydroxylation is 2. The van der Waals surface area contributed by atoms with Gasteiger partial charge in [-0.3, -0.25) is 10.1 Å². The van der Waals surface area contributed by atoms with E-state index in [4.69, 9.17) is 44.3 Å². The molecular formula is C28H21Cl2N3O4S. The van der Waals surface area contributed by atoms with Gasteiger partial charge in [0, 0.05) is 11.3 Å². The maximum Gasteiger partial charge on any atom is 0.293 e. The summed E-state index contributed by atoms with van der Waals surface area (Å²) < 4.78 is 11.6. The molecule has 0 unspecified atom stereocenters. The van der Waals surface area contributed by atoms with Crippen LogP contribution in [0.2, 0.25) is 10.0 Å². The Bertz CT molecular complexity index is 1710. The second-order valence-electron chi connectivity index (χ2n) is 8.54. The van der Waals surface area contributed by atoms with Gasteiger partial charge in [-0.15, -0.1) is 0 Å². The number of furan rings is 1. The number of hydrogen-bond acceptors (Lipinski definition) is 6. The molecule has 192 valence electrons.